The molecule has 6 nitrogen and oxygen atoms in total. The summed E-state index contributed by atoms with van der Waals surface area (Å²) < 4.78 is 0. The van der Waals surface area contributed by atoms with Gasteiger partial charge in [0.25, 0.3) is 0 Å². The predicted molar refractivity (Wildman–Crippen MR) is 151 cm³/mol. The smallest absolute Gasteiger partial charge is 0.335 e. The van der Waals surface area contributed by atoms with Crippen LogP contribution in [0.5, 0.6) is 0 Å². The first-order valence-electron chi connectivity index (χ1n) is 13.0. The highest BCUT2D eigenvalue weighted by Crippen LogP contribution is 2.23. The maximum absolute atomic E-state index is 10.6. The van der Waals surface area contributed by atoms with Crippen LogP contribution in [0.15, 0.2) is 48.5 Å². The van der Waals surface area contributed by atoms with Crippen molar-refractivity contribution < 1.29 is 30.0 Å². The Hall–Kier alpha value is -2.70. The van der Waals surface area contributed by atoms with Crippen LogP contribution in [0, 0.1) is 5.92 Å². The van der Waals surface area contributed by atoms with Crippen LogP contribution in [0.3, 0.4) is 0 Å². The molecule has 6 heteroatoms. The molecular formula is C31H48O6. The molecule has 0 aliphatic rings. The van der Waals surface area contributed by atoms with E-state index in [2.05, 4.69) is 41.5 Å². The van der Waals surface area contributed by atoms with Crippen molar-refractivity contribution in [3.05, 3.63) is 70.8 Å². The first-order chi connectivity index (χ1) is 16.9. The summed E-state index contributed by atoms with van der Waals surface area (Å²) in [5, 5.41) is 36.2. The molecule has 0 amide bonds. The van der Waals surface area contributed by atoms with Crippen molar-refractivity contribution in [3.8, 4) is 0 Å². The molecule has 2 aromatic rings. The second kappa shape index (κ2) is 15.5. The van der Waals surface area contributed by atoms with Gasteiger partial charge < -0.3 is 20.4 Å². The minimum atomic E-state index is -0.875. The molecule has 3 atom stereocenters. The minimum absolute atomic E-state index is 0.0138. The lowest BCUT2D eigenvalue weighted by Crippen LogP contribution is -2.28. The Morgan fingerprint density at radius 3 is 1.22 bits per heavy atom. The molecule has 0 fully saturated rings. The van der Waals surface area contributed by atoms with E-state index in [0.29, 0.717) is 11.1 Å². The summed E-state index contributed by atoms with van der Waals surface area (Å²) >= 11 is 0. The lowest BCUT2D eigenvalue weighted by Gasteiger charge is -2.22. The number of aromatic carboxylic acids is 2. The van der Waals surface area contributed by atoms with E-state index in [1.165, 1.54) is 0 Å². The zero-order valence-corrected chi connectivity index (χ0v) is 24.1. The van der Waals surface area contributed by atoms with E-state index in [9.17, 15) is 19.8 Å². The number of rotatable bonds is 7. The largest absolute Gasteiger partial charge is 0.478 e. The quantitative estimate of drug-likeness (QED) is 0.317. The Kier molecular flexibility index (Phi) is 14.4. The van der Waals surface area contributed by atoms with Crippen LogP contribution in [-0.2, 0) is 10.8 Å². The van der Waals surface area contributed by atoms with E-state index < -0.39 is 11.9 Å². The van der Waals surface area contributed by atoms with E-state index in [1.54, 1.807) is 24.3 Å². The monoisotopic (exact) mass is 516 g/mol. The van der Waals surface area contributed by atoms with Crippen LogP contribution in [0.2, 0.25) is 0 Å². The van der Waals surface area contributed by atoms with Crippen molar-refractivity contribution in [2.24, 2.45) is 5.92 Å². The maximum atomic E-state index is 10.6. The summed E-state index contributed by atoms with van der Waals surface area (Å²) in [6.07, 6.45) is 1.80. The van der Waals surface area contributed by atoms with Gasteiger partial charge in [0.1, 0.15) is 0 Å². The fourth-order valence-corrected chi connectivity index (χ4v) is 3.41. The first-order valence-corrected chi connectivity index (χ1v) is 13.0. The average Bonchev–Trinajstić information content (AvgIpc) is 2.83. The molecule has 0 heterocycles. The number of hydrogen-bond acceptors (Lipinski definition) is 4. The standard InChI is InChI=1S/2C11H14O2.C9H20O2/c2*1-11(2,3)9-6-4-8(5-7-9)10(12)13;1-4-6-9(11)7(3)8(10)5-2/h2*4-7H,1-3H3,(H,12,13);7-11H,4-6H2,1-3H3. The summed E-state index contributed by atoms with van der Waals surface area (Å²) in [7, 11) is 0. The van der Waals surface area contributed by atoms with Gasteiger partial charge in [0, 0.05) is 5.92 Å². The SMILES string of the molecule is CC(C)(C)c1ccc(C(=O)O)cc1.CC(C)(C)c1ccc(C(=O)O)cc1.CCCC(O)C(C)C(O)CC. The van der Waals surface area contributed by atoms with E-state index in [1.807, 2.05) is 45.0 Å². The van der Waals surface area contributed by atoms with Crippen molar-refractivity contribution in [1.29, 1.82) is 0 Å². The lowest BCUT2D eigenvalue weighted by atomic mass is 9.87. The molecule has 37 heavy (non-hydrogen) atoms. The van der Waals surface area contributed by atoms with Gasteiger partial charge in [-0.1, -0.05) is 93.0 Å². The van der Waals surface area contributed by atoms with Crippen molar-refractivity contribution in [1.82, 2.24) is 0 Å². The molecule has 0 spiro atoms. The Labute approximate surface area is 223 Å². The second-order valence-corrected chi connectivity index (χ2v) is 11.5. The van der Waals surface area contributed by atoms with E-state index in [0.717, 1.165) is 30.4 Å². The number of aliphatic hydroxyl groups is 2. The predicted octanol–water partition coefficient (Wildman–Crippen LogP) is 6.92. The normalized spacial score (nSPS) is 13.7. The zero-order chi connectivity index (χ0) is 29.0. The third kappa shape index (κ3) is 12.9. The average molecular weight is 517 g/mol. The van der Waals surface area contributed by atoms with E-state index >= 15 is 0 Å². The molecule has 0 aromatic heterocycles. The number of carboxylic acids is 2. The molecule has 0 radical (unpaired) electrons. The van der Waals surface area contributed by atoms with Gasteiger partial charge in [-0.3, -0.25) is 0 Å². The topological polar surface area (TPSA) is 115 Å². The van der Waals surface area contributed by atoms with Gasteiger partial charge in [-0.25, -0.2) is 9.59 Å². The van der Waals surface area contributed by atoms with Crippen LogP contribution in [0.25, 0.3) is 0 Å². The molecule has 2 rings (SSSR count). The Morgan fingerprint density at radius 2 is 1.00 bits per heavy atom. The number of carboxylic acid groups (broad SMARTS) is 2. The Balaban J connectivity index is 0.000000528. The van der Waals surface area contributed by atoms with Gasteiger partial charge >= 0.3 is 11.9 Å². The van der Waals surface area contributed by atoms with E-state index in [-0.39, 0.29) is 29.0 Å². The van der Waals surface area contributed by atoms with Gasteiger partial charge in [-0.05, 0) is 59.1 Å². The van der Waals surface area contributed by atoms with Gasteiger partial charge in [-0.2, -0.15) is 0 Å². The summed E-state index contributed by atoms with van der Waals surface area (Å²) in [5.74, 6) is -1.74. The molecule has 0 saturated carbocycles. The van der Waals surface area contributed by atoms with Crippen LogP contribution in [0.1, 0.15) is 113 Å². The highest BCUT2D eigenvalue weighted by atomic mass is 16.4. The van der Waals surface area contributed by atoms with Crippen LogP contribution in [-0.4, -0.2) is 44.6 Å². The zero-order valence-electron chi connectivity index (χ0n) is 24.1. The third-order valence-corrected chi connectivity index (χ3v) is 6.21. The van der Waals surface area contributed by atoms with E-state index in [4.69, 9.17) is 10.2 Å². The van der Waals surface area contributed by atoms with Crippen molar-refractivity contribution >= 4 is 11.9 Å². The molecular weight excluding hydrogens is 468 g/mol. The number of hydrogen-bond donors (Lipinski definition) is 4. The molecule has 2 aromatic carbocycles. The van der Waals surface area contributed by atoms with Crippen molar-refractivity contribution in [2.75, 3.05) is 0 Å². The van der Waals surface area contributed by atoms with Crippen LogP contribution >= 0.6 is 0 Å². The minimum Gasteiger partial charge on any atom is -0.478 e. The highest BCUT2D eigenvalue weighted by Gasteiger charge is 2.19. The summed E-state index contributed by atoms with van der Waals surface area (Å²) in [6.45, 7) is 18.5. The first kappa shape index (κ1) is 34.3. The second-order valence-electron chi connectivity index (χ2n) is 11.5. The van der Waals surface area contributed by atoms with Crippen LogP contribution < -0.4 is 0 Å². The molecule has 208 valence electrons. The Bertz CT molecular complexity index is 866. The summed E-state index contributed by atoms with van der Waals surface area (Å²) in [6, 6.07) is 14.0. The van der Waals surface area contributed by atoms with Gasteiger partial charge in [0.05, 0.1) is 23.3 Å². The highest BCUT2D eigenvalue weighted by molar-refractivity contribution is 5.88. The fraction of sp³-hybridized carbons (Fsp3) is 0.548. The molecule has 0 bridgehead atoms. The molecule has 0 saturated heterocycles. The van der Waals surface area contributed by atoms with Crippen molar-refractivity contribution in [2.45, 2.75) is 105 Å². The summed E-state index contributed by atoms with van der Waals surface area (Å²) in [4.78, 5) is 21.1. The molecule has 0 aliphatic heterocycles. The van der Waals surface area contributed by atoms with Crippen LogP contribution in [0.4, 0.5) is 0 Å². The molecule has 0 aliphatic carbocycles. The fourth-order valence-electron chi connectivity index (χ4n) is 3.41. The number of benzene rings is 2. The number of aliphatic hydroxyl groups excluding tert-OH is 2. The third-order valence-electron chi connectivity index (χ3n) is 6.21. The summed E-state index contributed by atoms with van der Waals surface area (Å²) in [5.41, 5.74) is 3.14. The molecule has 4 N–H and O–H groups in total. The Morgan fingerprint density at radius 1 is 0.676 bits per heavy atom. The lowest BCUT2D eigenvalue weighted by molar-refractivity contribution is 0.0159. The maximum Gasteiger partial charge on any atom is 0.335 e. The van der Waals surface area contributed by atoms with Gasteiger partial charge in [-0.15, -0.1) is 0 Å². The van der Waals surface area contributed by atoms with Crippen molar-refractivity contribution in [3.63, 3.8) is 0 Å². The molecule has 3 unspecified atom stereocenters. The number of carbonyl (C=O) groups is 2. The van der Waals surface area contributed by atoms with Gasteiger partial charge in [0.15, 0.2) is 0 Å². The van der Waals surface area contributed by atoms with Gasteiger partial charge in [0.2, 0.25) is 0 Å².